The Morgan fingerprint density at radius 3 is 2.68 bits per heavy atom. The number of amides is 2. The Kier molecular flexibility index (Phi) is 6.15. The van der Waals surface area contributed by atoms with Gasteiger partial charge >= 0.3 is 12.3 Å². The number of aromatic nitrogens is 3. The number of carbonyl (C=O) groups excluding carboxylic acids is 2. The van der Waals surface area contributed by atoms with Crippen molar-refractivity contribution in [1.29, 1.82) is 0 Å². The smallest absolute Gasteiger partial charge is 0.416 e. The van der Waals surface area contributed by atoms with Crippen LogP contribution >= 0.6 is 0 Å². The molecule has 3 heterocycles. The van der Waals surface area contributed by atoms with Crippen molar-refractivity contribution < 1.29 is 27.5 Å². The Balaban J connectivity index is 1.38. The first-order valence-corrected chi connectivity index (χ1v) is 11.3. The number of nitrogens with two attached hydrogens (primary N) is 1. The average molecular weight is 510 g/mol. The van der Waals surface area contributed by atoms with Gasteiger partial charge in [0.2, 0.25) is 0 Å². The van der Waals surface area contributed by atoms with Gasteiger partial charge in [-0.2, -0.15) is 13.2 Å². The van der Waals surface area contributed by atoms with E-state index < -0.39 is 23.7 Å². The van der Waals surface area contributed by atoms with Gasteiger partial charge in [-0.1, -0.05) is 18.2 Å². The fraction of sp³-hybridized carbons (Fsp3) is 0.200. The quantitative estimate of drug-likeness (QED) is 0.413. The topological polar surface area (TPSA) is 115 Å². The summed E-state index contributed by atoms with van der Waals surface area (Å²) in [5.41, 5.74) is 6.51. The molecule has 5 rings (SSSR count). The molecule has 0 radical (unpaired) electrons. The van der Waals surface area contributed by atoms with Gasteiger partial charge in [0.25, 0.3) is 5.91 Å². The van der Waals surface area contributed by atoms with Gasteiger partial charge in [0.15, 0.2) is 11.5 Å². The highest BCUT2D eigenvalue weighted by atomic mass is 19.4. The zero-order chi connectivity index (χ0) is 26.2. The summed E-state index contributed by atoms with van der Waals surface area (Å²) >= 11 is 0. The highest BCUT2D eigenvalue weighted by Gasteiger charge is 2.31. The van der Waals surface area contributed by atoms with E-state index in [1.54, 1.807) is 35.0 Å². The van der Waals surface area contributed by atoms with Crippen molar-refractivity contribution in [2.45, 2.75) is 18.7 Å². The van der Waals surface area contributed by atoms with E-state index in [1.807, 2.05) is 17.0 Å². The highest BCUT2D eigenvalue weighted by molar-refractivity contribution is 6.04. The van der Waals surface area contributed by atoms with E-state index in [1.165, 1.54) is 12.1 Å². The van der Waals surface area contributed by atoms with Gasteiger partial charge < -0.3 is 20.7 Å². The third kappa shape index (κ3) is 5.17. The molecule has 37 heavy (non-hydrogen) atoms. The number of benzene rings is 2. The van der Waals surface area contributed by atoms with E-state index in [2.05, 4.69) is 15.4 Å². The first-order valence-electron chi connectivity index (χ1n) is 11.3. The first kappa shape index (κ1) is 24.1. The summed E-state index contributed by atoms with van der Waals surface area (Å²) < 4.78 is 45.8. The standard InChI is InChI=1S/C25H21F3N6O3/c26-25(27,28)17-5-1-4-16(11-17)23(35)31-18-6-2-3-15(12-18)20-7-9-30-21-13-22(32-34(20)21)33-10-8-19(14-33)37-24(29)36/h1-7,9,11-13,19H,8,10,14H2,(H2,29,36)(H,31,35). The van der Waals surface area contributed by atoms with Crippen molar-refractivity contribution in [2.24, 2.45) is 5.73 Å². The Labute approximate surface area is 208 Å². The predicted octanol–water partition coefficient (Wildman–Crippen LogP) is 4.34. The van der Waals surface area contributed by atoms with Crippen molar-refractivity contribution in [1.82, 2.24) is 14.6 Å². The van der Waals surface area contributed by atoms with Gasteiger partial charge in [0.1, 0.15) is 6.10 Å². The van der Waals surface area contributed by atoms with E-state index in [9.17, 15) is 22.8 Å². The van der Waals surface area contributed by atoms with Crippen LogP contribution < -0.4 is 16.0 Å². The SMILES string of the molecule is NC(=O)OC1CCN(c2cc3nccc(-c4cccc(NC(=O)c5cccc(C(F)(F)F)c5)c4)n3n2)C1. The number of carbonyl (C=O) groups is 2. The molecule has 1 aliphatic heterocycles. The summed E-state index contributed by atoms with van der Waals surface area (Å²) in [4.78, 5) is 30.0. The van der Waals surface area contributed by atoms with Crippen LogP contribution in [0.25, 0.3) is 16.9 Å². The van der Waals surface area contributed by atoms with Crippen LogP contribution in [0.3, 0.4) is 0 Å². The summed E-state index contributed by atoms with van der Waals surface area (Å²) in [6, 6.07) is 14.7. The maximum atomic E-state index is 13.0. The number of rotatable bonds is 5. The van der Waals surface area contributed by atoms with Crippen molar-refractivity contribution in [3.8, 4) is 11.3 Å². The van der Waals surface area contributed by atoms with E-state index >= 15 is 0 Å². The summed E-state index contributed by atoms with van der Waals surface area (Å²) in [6.45, 7) is 1.09. The number of primary amides is 1. The predicted molar refractivity (Wildman–Crippen MR) is 129 cm³/mol. The van der Waals surface area contributed by atoms with Crippen molar-refractivity contribution in [3.63, 3.8) is 0 Å². The number of fused-ring (bicyclic) bond motifs is 1. The fourth-order valence-corrected chi connectivity index (χ4v) is 4.25. The third-order valence-corrected chi connectivity index (χ3v) is 5.97. The van der Waals surface area contributed by atoms with Crippen LogP contribution in [0, 0.1) is 0 Å². The Morgan fingerprint density at radius 2 is 1.89 bits per heavy atom. The number of alkyl halides is 3. The number of halogens is 3. The summed E-state index contributed by atoms with van der Waals surface area (Å²) in [5, 5.41) is 7.32. The van der Waals surface area contributed by atoms with E-state index in [0.29, 0.717) is 47.9 Å². The zero-order valence-corrected chi connectivity index (χ0v) is 19.3. The second-order valence-corrected chi connectivity index (χ2v) is 8.51. The van der Waals surface area contributed by atoms with Gasteiger partial charge in [-0.15, -0.1) is 5.10 Å². The van der Waals surface area contributed by atoms with Crippen molar-refractivity contribution in [2.75, 3.05) is 23.3 Å². The van der Waals surface area contributed by atoms with Crippen LogP contribution in [-0.2, 0) is 10.9 Å². The molecular formula is C25H21F3N6O3. The zero-order valence-electron chi connectivity index (χ0n) is 19.3. The molecule has 0 aliphatic carbocycles. The molecule has 0 saturated carbocycles. The number of hydrogen-bond acceptors (Lipinski definition) is 6. The normalized spacial score (nSPS) is 15.6. The molecule has 3 N–H and O–H groups in total. The minimum atomic E-state index is -4.55. The lowest BCUT2D eigenvalue weighted by Gasteiger charge is -2.14. The Hall–Kier alpha value is -4.61. The molecular weight excluding hydrogens is 489 g/mol. The lowest BCUT2D eigenvalue weighted by atomic mass is 10.1. The summed E-state index contributed by atoms with van der Waals surface area (Å²) in [5.74, 6) is -0.00390. The van der Waals surface area contributed by atoms with Gasteiger partial charge in [0.05, 0.1) is 17.8 Å². The molecule has 2 aromatic heterocycles. The third-order valence-electron chi connectivity index (χ3n) is 5.97. The van der Waals surface area contributed by atoms with Gasteiger partial charge in [-0.25, -0.2) is 14.3 Å². The number of ether oxygens (including phenoxy) is 1. The summed E-state index contributed by atoms with van der Waals surface area (Å²) in [6.07, 6.45) is -3.41. The fourth-order valence-electron chi connectivity index (χ4n) is 4.25. The molecule has 2 amide bonds. The molecule has 0 spiro atoms. The minimum Gasteiger partial charge on any atom is -0.444 e. The number of nitrogens with one attached hydrogen (secondary N) is 1. The van der Waals surface area contributed by atoms with E-state index in [0.717, 1.165) is 12.1 Å². The monoisotopic (exact) mass is 510 g/mol. The lowest BCUT2D eigenvalue weighted by Crippen LogP contribution is -2.27. The van der Waals surface area contributed by atoms with E-state index in [4.69, 9.17) is 10.5 Å². The second kappa shape index (κ2) is 9.45. The molecule has 0 bridgehead atoms. The molecule has 9 nitrogen and oxygen atoms in total. The maximum Gasteiger partial charge on any atom is 0.416 e. The van der Waals surface area contributed by atoms with Crippen LogP contribution in [0.1, 0.15) is 22.3 Å². The number of nitrogens with zero attached hydrogens (tertiary/aromatic N) is 4. The maximum absolute atomic E-state index is 13.0. The first-order chi connectivity index (χ1) is 17.7. The van der Waals surface area contributed by atoms with Crippen LogP contribution in [0.5, 0.6) is 0 Å². The van der Waals surface area contributed by atoms with Crippen LogP contribution in [0.15, 0.2) is 66.9 Å². The average Bonchev–Trinajstić information content (AvgIpc) is 3.50. The number of hydrogen-bond donors (Lipinski definition) is 2. The minimum absolute atomic E-state index is 0.104. The molecule has 1 aliphatic rings. The Morgan fingerprint density at radius 1 is 1.08 bits per heavy atom. The molecule has 1 unspecified atom stereocenters. The molecule has 190 valence electrons. The van der Waals surface area contributed by atoms with Gasteiger partial charge in [-0.3, -0.25) is 4.79 Å². The molecule has 2 aromatic carbocycles. The largest absolute Gasteiger partial charge is 0.444 e. The summed E-state index contributed by atoms with van der Waals surface area (Å²) in [7, 11) is 0. The molecule has 4 aromatic rings. The Bertz CT molecular complexity index is 1490. The second-order valence-electron chi connectivity index (χ2n) is 8.51. The molecule has 1 saturated heterocycles. The van der Waals surface area contributed by atoms with Crippen LogP contribution in [0.4, 0.5) is 29.5 Å². The number of anilines is 2. The highest BCUT2D eigenvalue weighted by Crippen LogP contribution is 2.30. The van der Waals surface area contributed by atoms with Gasteiger partial charge in [0, 0.05) is 42.0 Å². The van der Waals surface area contributed by atoms with Crippen LogP contribution in [-0.4, -0.2) is 45.8 Å². The molecule has 1 atom stereocenters. The molecule has 1 fully saturated rings. The van der Waals surface area contributed by atoms with E-state index in [-0.39, 0.29) is 11.7 Å². The van der Waals surface area contributed by atoms with Crippen molar-refractivity contribution >= 4 is 29.2 Å². The van der Waals surface area contributed by atoms with Crippen LogP contribution in [0.2, 0.25) is 0 Å². The van der Waals surface area contributed by atoms with Crippen molar-refractivity contribution in [3.05, 3.63) is 78.0 Å². The lowest BCUT2D eigenvalue weighted by molar-refractivity contribution is -0.137. The van der Waals surface area contributed by atoms with Gasteiger partial charge in [-0.05, 0) is 36.4 Å². The molecule has 12 heteroatoms.